The van der Waals surface area contributed by atoms with Crippen molar-refractivity contribution in [3.8, 4) is 0 Å². The number of guanidine groups is 1. The fourth-order valence-corrected chi connectivity index (χ4v) is 2.77. The molecule has 10 nitrogen and oxygen atoms in total. The van der Waals surface area contributed by atoms with Crippen LogP contribution in [0.1, 0.15) is 23.0 Å². The van der Waals surface area contributed by atoms with Gasteiger partial charge < -0.3 is 10.1 Å². The molecule has 0 saturated carbocycles. The zero-order valence-corrected chi connectivity index (χ0v) is 16.6. The summed E-state index contributed by atoms with van der Waals surface area (Å²) in [6.07, 6.45) is -1.60. The van der Waals surface area contributed by atoms with Gasteiger partial charge in [0.15, 0.2) is 17.3 Å². The quantitative estimate of drug-likeness (QED) is 0.316. The molecule has 14 heteroatoms. The number of nitrogens with one attached hydrogen (secondary N) is 3. The molecule has 3 N–H and O–H groups in total. The van der Waals surface area contributed by atoms with E-state index in [0.717, 1.165) is 17.1 Å². The number of fused-ring (bicyclic) bond motifs is 1. The summed E-state index contributed by atoms with van der Waals surface area (Å²) in [5.74, 6) is -2.11. The standard InChI is InChI=1S/C17H18F4N8O2/c1-8(7-31-3)23-16(24-14-12-10(18)4-22-5-11(12)26-27-14)25-15(30)9-6-29(2)28-13(9)17(19,20)21/h4-6,8H,7H2,1-3H3,(H3,23,24,25,26,27,30)/t8-/m0/s1. The smallest absolute Gasteiger partial charge is 0.382 e. The van der Waals surface area contributed by atoms with Gasteiger partial charge in [0.05, 0.1) is 41.5 Å². The molecule has 0 saturated heterocycles. The second-order valence-electron chi connectivity index (χ2n) is 6.54. The van der Waals surface area contributed by atoms with Crippen molar-refractivity contribution in [2.75, 3.05) is 19.0 Å². The third kappa shape index (κ3) is 4.96. The normalized spacial score (nSPS) is 13.5. The first-order valence-electron chi connectivity index (χ1n) is 8.83. The molecule has 0 spiro atoms. The van der Waals surface area contributed by atoms with E-state index in [0.29, 0.717) is 0 Å². The van der Waals surface area contributed by atoms with Gasteiger partial charge >= 0.3 is 6.18 Å². The molecule has 3 rings (SSSR count). The largest absolute Gasteiger partial charge is 0.435 e. The van der Waals surface area contributed by atoms with Crippen LogP contribution in [0.25, 0.3) is 10.9 Å². The van der Waals surface area contributed by atoms with Gasteiger partial charge in [0.2, 0.25) is 5.96 Å². The van der Waals surface area contributed by atoms with Gasteiger partial charge in [-0.15, -0.1) is 0 Å². The number of carbonyl (C=O) groups excluding carboxylic acids is 1. The van der Waals surface area contributed by atoms with Crippen molar-refractivity contribution in [3.05, 3.63) is 35.7 Å². The predicted octanol–water partition coefficient (Wildman–Crippen LogP) is 2.08. The molecule has 3 aromatic rings. The molecule has 166 valence electrons. The first-order valence-corrected chi connectivity index (χ1v) is 8.83. The number of nitrogens with zero attached hydrogens (tertiary/aromatic N) is 5. The van der Waals surface area contributed by atoms with E-state index in [2.05, 4.69) is 35.9 Å². The summed E-state index contributed by atoms with van der Waals surface area (Å²) >= 11 is 0. The van der Waals surface area contributed by atoms with Gasteiger partial charge in [0, 0.05) is 20.4 Å². The van der Waals surface area contributed by atoms with E-state index in [1.54, 1.807) is 6.92 Å². The molecule has 0 aliphatic heterocycles. The number of aromatic amines is 1. The second kappa shape index (κ2) is 8.67. The Morgan fingerprint density at radius 1 is 1.39 bits per heavy atom. The van der Waals surface area contributed by atoms with E-state index < -0.39 is 35.2 Å². The number of hydrogen-bond acceptors (Lipinski definition) is 6. The number of alkyl halides is 3. The Kier molecular flexibility index (Phi) is 6.19. The monoisotopic (exact) mass is 442 g/mol. The number of aromatic nitrogens is 5. The van der Waals surface area contributed by atoms with Crippen LogP contribution in [-0.2, 0) is 18.0 Å². The van der Waals surface area contributed by atoms with E-state index in [4.69, 9.17) is 4.74 Å². The van der Waals surface area contributed by atoms with Crippen LogP contribution in [0.15, 0.2) is 23.6 Å². The number of hydrogen-bond donors (Lipinski definition) is 3. The number of anilines is 1. The van der Waals surface area contributed by atoms with Crippen LogP contribution in [0.3, 0.4) is 0 Å². The molecule has 3 heterocycles. The number of aliphatic imine (C=N–C) groups is 1. The summed E-state index contributed by atoms with van der Waals surface area (Å²) in [4.78, 5) is 20.5. The van der Waals surface area contributed by atoms with Crippen LogP contribution in [0.5, 0.6) is 0 Å². The zero-order chi connectivity index (χ0) is 22.8. The number of ether oxygens (including phenoxy) is 1. The molecule has 0 fully saturated rings. The Balaban J connectivity index is 1.94. The summed E-state index contributed by atoms with van der Waals surface area (Å²) in [7, 11) is 2.69. The zero-order valence-electron chi connectivity index (χ0n) is 16.6. The maximum atomic E-state index is 14.2. The minimum absolute atomic E-state index is 0.0358. The highest BCUT2D eigenvalue weighted by Crippen LogP contribution is 2.30. The molecule has 0 aromatic carbocycles. The lowest BCUT2D eigenvalue weighted by molar-refractivity contribution is -0.141. The highest BCUT2D eigenvalue weighted by molar-refractivity contribution is 6.12. The van der Waals surface area contributed by atoms with Crippen LogP contribution in [0.4, 0.5) is 23.4 Å². The van der Waals surface area contributed by atoms with Crippen molar-refractivity contribution in [2.24, 2.45) is 12.0 Å². The molecule has 0 unspecified atom stereocenters. The molecule has 0 radical (unpaired) electrons. The number of rotatable bonds is 5. The van der Waals surface area contributed by atoms with Crippen LogP contribution in [0.2, 0.25) is 0 Å². The molecular weight excluding hydrogens is 424 g/mol. The van der Waals surface area contributed by atoms with Gasteiger partial charge in [-0.2, -0.15) is 23.4 Å². The lowest BCUT2D eigenvalue weighted by Gasteiger charge is -2.13. The fraction of sp³-hybridized carbons (Fsp3) is 0.353. The number of pyridine rings is 1. The van der Waals surface area contributed by atoms with Gasteiger partial charge in [-0.3, -0.25) is 24.9 Å². The summed E-state index contributed by atoms with van der Waals surface area (Å²) in [5.41, 5.74) is -1.78. The van der Waals surface area contributed by atoms with E-state index in [1.807, 2.05) is 0 Å². The Hall–Kier alpha value is -3.55. The van der Waals surface area contributed by atoms with Crippen molar-refractivity contribution < 1.29 is 27.1 Å². The third-order valence-corrected chi connectivity index (χ3v) is 3.99. The number of aryl methyl sites for hydroxylation is 1. The maximum Gasteiger partial charge on any atom is 0.435 e. The van der Waals surface area contributed by atoms with Gasteiger partial charge in [-0.1, -0.05) is 0 Å². The lowest BCUT2D eigenvalue weighted by atomic mass is 10.2. The van der Waals surface area contributed by atoms with Crippen LogP contribution >= 0.6 is 0 Å². The first kappa shape index (κ1) is 22.1. The van der Waals surface area contributed by atoms with Crippen LogP contribution in [-0.4, -0.2) is 56.6 Å². The molecule has 0 aliphatic carbocycles. The topological polar surface area (TPSA) is 122 Å². The molecule has 1 atom stereocenters. The minimum Gasteiger partial charge on any atom is -0.382 e. The summed E-state index contributed by atoms with van der Waals surface area (Å²) in [5, 5.41) is 14.7. The van der Waals surface area contributed by atoms with E-state index in [-0.39, 0.29) is 29.3 Å². The predicted molar refractivity (Wildman–Crippen MR) is 102 cm³/mol. The van der Waals surface area contributed by atoms with Crippen molar-refractivity contribution in [2.45, 2.75) is 19.1 Å². The molecule has 31 heavy (non-hydrogen) atoms. The van der Waals surface area contributed by atoms with Gasteiger partial charge in [-0.05, 0) is 6.92 Å². The average molecular weight is 442 g/mol. The maximum absolute atomic E-state index is 14.2. The first-order chi connectivity index (χ1) is 14.6. The van der Waals surface area contributed by atoms with Gasteiger partial charge in [-0.25, -0.2) is 9.38 Å². The van der Waals surface area contributed by atoms with E-state index >= 15 is 0 Å². The van der Waals surface area contributed by atoms with Crippen molar-refractivity contribution in [1.29, 1.82) is 0 Å². The van der Waals surface area contributed by atoms with E-state index in [9.17, 15) is 22.4 Å². The molecule has 0 bridgehead atoms. The lowest BCUT2D eigenvalue weighted by Crippen LogP contribution is -2.38. The molecular formula is C17H18F4N8O2. The number of methoxy groups -OCH3 is 1. The summed E-state index contributed by atoms with van der Waals surface area (Å²) in [6, 6.07) is -0.500. The van der Waals surface area contributed by atoms with E-state index in [1.165, 1.54) is 20.4 Å². The summed E-state index contributed by atoms with van der Waals surface area (Å²) in [6.45, 7) is 1.80. The Morgan fingerprint density at radius 3 is 2.81 bits per heavy atom. The SMILES string of the molecule is COC[C@H](C)N=C(NC(=O)c1cn(C)nc1C(F)(F)F)Nc1n[nH]c2cncc(F)c12. The minimum atomic E-state index is -4.84. The van der Waals surface area contributed by atoms with Crippen LogP contribution in [0, 0.1) is 5.82 Å². The Morgan fingerprint density at radius 2 is 2.13 bits per heavy atom. The highest BCUT2D eigenvalue weighted by Gasteiger charge is 2.39. The van der Waals surface area contributed by atoms with Crippen molar-refractivity contribution in [3.63, 3.8) is 0 Å². The van der Waals surface area contributed by atoms with Gasteiger partial charge in [0.1, 0.15) is 0 Å². The number of halogens is 4. The van der Waals surface area contributed by atoms with Crippen molar-refractivity contribution >= 4 is 28.6 Å². The van der Waals surface area contributed by atoms with Crippen LogP contribution < -0.4 is 10.6 Å². The second-order valence-corrected chi connectivity index (χ2v) is 6.54. The Bertz CT molecular complexity index is 1120. The third-order valence-electron chi connectivity index (χ3n) is 3.99. The fourth-order valence-electron chi connectivity index (χ4n) is 2.77. The number of amides is 1. The summed E-state index contributed by atoms with van der Waals surface area (Å²) < 4.78 is 59.7. The van der Waals surface area contributed by atoms with Gasteiger partial charge in [0.25, 0.3) is 5.91 Å². The highest BCUT2D eigenvalue weighted by atomic mass is 19.4. The number of carbonyl (C=O) groups is 1. The Labute approximate surface area is 172 Å². The molecule has 1 amide bonds. The molecule has 0 aliphatic rings. The average Bonchev–Trinajstić information content (AvgIpc) is 3.26. The van der Waals surface area contributed by atoms with Crippen molar-refractivity contribution in [1.82, 2.24) is 30.3 Å². The molecule has 3 aromatic heterocycles. The number of H-pyrrole nitrogens is 1.